The minimum atomic E-state index is -0.376. The van der Waals surface area contributed by atoms with E-state index < -0.39 is 0 Å². The predicted octanol–water partition coefficient (Wildman–Crippen LogP) is 3.21. The lowest BCUT2D eigenvalue weighted by Gasteiger charge is -2.06. The van der Waals surface area contributed by atoms with E-state index in [1.165, 1.54) is 12.4 Å². The van der Waals surface area contributed by atoms with Crippen molar-refractivity contribution >= 4 is 30.1 Å². The van der Waals surface area contributed by atoms with E-state index in [0.717, 1.165) is 16.9 Å². The van der Waals surface area contributed by atoms with Gasteiger partial charge in [-0.2, -0.15) is 10.2 Å². The second-order valence-electron chi connectivity index (χ2n) is 7.51. The molecule has 0 atom stereocenters. The Kier molecular flexibility index (Phi) is 9.96. The number of carbonyl (C=O) groups excluding carboxylic acids is 2. The van der Waals surface area contributed by atoms with Crippen LogP contribution in [-0.4, -0.2) is 50.0 Å². The summed E-state index contributed by atoms with van der Waals surface area (Å²) in [5, 5.41) is 11.0. The molecule has 3 rings (SSSR count). The number of pyridine rings is 1. The lowest BCUT2D eigenvalue weighted by atomic mass is 10.2. The predicted molar refractivity (Wildman–Crippen MR) is 139 cm³/mol. The van der Waals surface area contributed by atoms with Gasteiger partial charge in [0.2, 0.25) is 5.91 Å². The summed E-state index contributed by atoms with van der Waals surface area (Å²) in [5.41, 5.74) is 6.96. The minimum Gasteiger partial charge on any atom is -0.497 e. The molecule has 0 bridgehead atoms. The summed E-state index contributed by atoms with van der Waals surface area (Å²) in [5.74, 6) is 1.46. The lowest BCUT2D eigenvalue weighted by Crippen LogP contribution is -2.19. The first-order valence-corrected chi connectivity index (χ1v) is 11.2. The van der Waals surface area contributed by atoms with Crippen LogP contribution in [0.15, 0.2) is 77.1 Å². The second kappa shape index (κ2) is 13.9. The molecule has 3 aromatic rings. The Hall–Kier alpha value is -4.73. The van der Waals surface area contributed by atoms with Crippen molar-refractivity contribution in [2.75, 3.05) is 26.1 Å². The van der Waals surface area contributed by atoms with Crippen molar-refractivity contribution in [3.8, 4) is 11.5 Å². The molecule has 0 aliphatic carbocycles. The van der Waals surface area contributed by atoms with Gasteiger partial charge >= 0.3 is 0 Å². The fourth-order valence-electron chi connectivity index (χ4n) is 3.01. The number of ether oxygens (including phenoxy) is 2. The maximum atomic E-state index is 12.2. The Labute approximate surface area is 209 Å². The number of hydrogen-bond acceptors (Lipinski definition) is 8. The number of benzene rings is 2. The lowest BCUT2D eigenvalue weighted by molar-refractivity contribution is -0.121. The number of hydrazone groups is 2. The van der Waals surface area contributed by atoms with Gasteiger partial charge in [0.15, 0.2) is 0 Å². The van der Waals surface area contributed by atoms with Gasteiger partial charge < -0.3 is 14.8 Å². The molecule has 0 aliphatic rings. The Balaban J connectivity index is 1.35. The molecule has 2 amide bonds. The SMILES string of the molecule is COc1cccc(/C=N/NC(=O)CCCNc2ccc(C(=O)N/N=C/c3cccc(OC)c3)cn2)c1. The average molecular weight is 489 g/mol. The maximum absolute atomic E-state index is 12.2. The van der Waals surface area contributed by atoms with Crippen LogP contribution in [0.3, 0.4) is 0 Å². The summed E-state index contributed by atoms with van der Waals surface area (Å²) in [4.78, 5) is 28.4. The highest BCUT2D eigenvalue weighted by atomic mass is 16.5. The number of methoxy groups -OCH3 is 2. The highest BCUT2D eigenvalue weighted by Crippen LogP contribution is 2.11. The third-order valence-electron chi connectivity index (χ3n) is 4.88. The van der Waals surface area contributed by atoms with E-state index in [9.17, 15) is 9.59 Å². The molecule has 10 nitrogen and oxygen atoms in total. The number of nitrogens with zero attached hydrogens (tertiary/aromatic N) is 3. The van der Waals surface area contributed by atoms with E-state index in [-0.39, 0.29) is 11.8 Å². The van der Waals surface area contributed by atoms with E-state index >= 15 is 0 Å². The number of aromatic nitrogens is 1. The second-order valence-corrected chi connectivity index (χ2v) is 7.51. The van der Waals surface area contributed by atoms with Crippen molar-refractivity contribution in [3.63, 3.8) is 0 Å². The molecule has 0 unspecified atom stereocenters. The fourth-order valence-corrected chi connectivity index (χ4v) is 3.01. The average Bonchev–Trinajstić information content (AvgIpc) is 2.91. The Morgan fingerprint density at radius 2 is 1.53 bits per heavy atom. The van der Waals surface area contributed by atoms with E-state index in [2.05, 4.69) is 31.4 Å². The number of anilines is 1. The van der Waals surface area contributed by atoms with Gasteiger partial charge in [0.25, 0.3) is 5.91 Å². The van der Waals surface area contributed by atoms with Crippen molar-refractivity contribution in [2.24, 2.45) is 10.2 Å². The molecular formula is C26H28N6O4. The molecule has 0 aliphatic heterocycles. The third-order valence-corrected chi connectivity index (χ3v) is 4.88. The first kappa shape index (κ1) is 25.9. The molecule has 0 fully saturated rings. The number of carbonyl (C=O) groups is 2. The topological polar surface area (TPSA) is 126 Å². The van der Waals surface area contributed by atoms with Gasteiger partial charge in [0, 0.05) is 19.2 Å². The first-order valence-electron chi connectivity index (χ1n) is 11.2. The van der Waals surface area contributed by atoms with Gasteiger partial charge in [-0.05, 0) is 53.9 Å². The number of hydrogen-bond donors (Lipinski definition) is 3. The third kappa shape index (κ3) is 8.56. The molecule has 1 heterocycles. The Morgan fingerprint density at radius 3 is 2.11 bits per heavy atom. The van der Waals surface area contributed by atoms with Gasteiger partial charge in [-0.1, -0.05) is 24.3 Å². The van der Waals surface area contributed by atoms with Crippen LogP contribution in [0.25, 0.3) is 0 Å². The zero-order valence-corrected chi connectivity index (χ0v) is 20.1. The molecule has 0 spiro atoms. The van der Waals surface area contributed by atoms with Crippen molar-refractivity contribution in [1.29, 1.82) is 0 Å². The summed E-state index contributed by atoms with van der Waals surface area (Å²) in [6.45, 7) is 0.538. The zero-order chi connectivity index (χ0) is 25.6. The monoisotopic (exact) mass is 488 g/mol. The van der Waals surface area contributed by atoms with Gasteiger partial charge in [-0.15, -0.1) is 0 Å². The van der Waals surface area contributed by atoms with Crippen LogP contribution >= 0.6 is 0 Å². The van der Waals surface area contributed by atoms with E-state index in [1.54, 1.807) is 38.6 Å². The van der Waals surface area contributed by atoms with Crippen LogP contribution in [-0.2, 0) is 4.79 Å². The number of nitrogens with one attached hydrogen (secondary N) is 3. The van der Waals surface area contributed by atoms with E-state index in [0.29, 0.717) is 36.5 Å². The van der Waals surface area contributed by atoms with Crippen LogP contribution in [0.5, 0.6) is 11.5 Å². The fraction of sp³-hybridized carbons (Fsp3) is 0.192. The molecule has 3 N–H and O–H groups in total. The molecule has 36 heavy (non-hydrogen) atoms. The summed E-state index contributed by atoms with van der Waals surface area (Å²) in [6.07, 6.45) is 5.44. The van der Waals surface area contributed by atoms with Crippen LogP contribution < -0.4 is 25.6 Å². The van der Waals surface area contributed by atoms with Crippen molar-refractivity contribution in [2.45, 2.75) is 12.8 Å². The van der Waals surface area contributed by atoms with Crippen LogP contribution in [0, 0.1) is 0 Å². The van der Waals surface area contributed by atoms with E-state index in [4.69, 9.17) is 9.47 Å². The minimum absolute atomic E-state index is 0.189. The van der Waals surface area contributed by atoms with Gasteiger partial charge in [-0.3, -0.25) is 9.59 Å². The summed E-state index contributed by atoms with van der Waals surface area (Å²) in [6, 6.07) is 18.0. The maximum Gasteiger partial charge on any atom is 0.272 e. The summed E-state index contributed by atoms with van der Waals surface area (Å²) in [7, 11) is 3.18. The molecule has 1 aromatic heterocycles. The molecule has 10 heteroatoms. The van der Waals surface area contributed by atoms with Crippen molar-refractivity contribution in [1.82, 2.24) is 15.8 Å². The first-order chi connectivity index (χ1) is 17.6. The van der Waals surface area contributed by atoms with Crippen LogP contribution in [0.4, 0.5) is 5.82 Å². The smallest absolute Gasteiger partial charge is 0.272 e. The normalized spacial score (nSPS) is 10.8. The van der Waals surface area contributed by atoms with Crippen LogP contribution in [0.1, 0.15) is 34.3 Å². The highest BCUT2D eigenvalue weighted by Gasteiger charge is 2.05. The van der Waals surface area contributed by atoms with Crippen LogP contribution in [0.2, 0.25) is 0 Å². The van der Waals surface area contributed by atoms with E-state index in [1.807, 2.05) is 42.5 Å². The van der Waals surface area contributed by atoms with Gasteiger partial charge in [0.05, 0.1) is 32.2 Å². The van der Waals surface area contributed by atoms with Gasteiger partial charge in [-0.25, -0.2) is 15.8 Å². The molecule has 0 radical (unpaired) electrons. The largest absolute Gasteiger partial charge is 0.497 e. The standard InChI is InChI=1S/C26H28N6O4/c1-35-22-8-3-6-19(14-22)16-29-31-25(33)10-5-13-27-24-12-11-21(18-28-24)26(34)32-30-17-20-7-4-9-23(15-20)36-2/h3-4,6-9,11-12,14-18H,5,10,13H2,1-2H3,(H,27,28)(H,31,33)(H,32,34)/b29-16+,30-17+. The number of rotatable bonds is 12. The molecular weight excluding hydrogens is 460 g/mol. The Bertz CT molecular complexity index is 1210. The molecule has 0 saturated carbocycles. The Morgan fingerprint density at radius 1 is 0.889 bits per heavy atom. The van der Waals surface area contributed by atoms with Gasteiger partial charge in [0.1, 0.15) is 17.3 Å². The number of amides is 2. The van der Waals surface area contributed by atoms with Crippen molar-refractivity contribution < 1.29 is 19.1 Å². The quantitative estimate of drug-likeness (QED) is 0.204. The molecule has 2 aromatic carbocycles. The zero-order valence-electron chi connectivity index (χ0n) is 20.1. The summed E-state index contributed by atoms with van der Waals surface area (Å²) >= 11 is 0. The summed E-state index contributed by atoms with van der Waals surface area (Å²) < 4.78 is 10.3. The molecule has 0 saturated heterocycles. The van der Waals surface area contributed by atoms with Crippen molar-refractivity contribution in [3.05, 3.63) is 83.6 Å². The highest BCUT2D eigenvalue weighted by molar-refractivity contribution is 5.94. The molecule has 186 valence electrons.